The minimum absolute atomic E-state index is 0.0453. The second-order valence-electron chi connectivity index (χ2n) is 8.90. The number of anilines is 2. The van der Waals surface area contributed by atoms with E-state index in [0.29, 0.717) is 11.4 Å². The van der Waals surface area contributed by atoms with Gasteiger partial charge in [0.05, 0.1) is 23.5 Å². The molecule has 6 N–H and O–H groups in total. The number of aromatic hydroxyl groups is 4. The van der Waals surface area contributed by atoms with Crippen LogP contribution >= 0.6 is 0 Å². The first-order valence-electron chi connectivity index (χ1n) is 11.3. The zero-order chi connectivity index (χ0) is 23.4. The van der Waals surface area contributed by atoms with Gasteiger partial charge in [0.2, 0.25) is 0 Å². The maximum atomic E-state index is 10.5. The molecule has 0 radical (unpaired) electrons. The van der Waals surface area contributed by atoms with Crippen molar-refractivity contribution in [3.8, 4) is 23.0 Å². The maximum absolute atomic E-state index is 10.5. The van der Waals surface area contributed by atoms with Gasteiger partial charge in [0.25, 0.3) is 0 Å². The van der Waals surface area contributed by atoms with Crippen molar-refractivity contribution in [2.45, 2.75) is 23.9 Å². The van der Waals surface area contributed by atoms with Gasteiger partial charge in [-0.05, 0) is 46.5 Å². The Balaban J connectivity index is 1.54. The van der Waals surface area contributed by atoms with E-state index in [0.717, 1.165) is 0 Å². The smallest absolute Gasteiger partial charge is 0.181 e. The van der Waals surface area contributed by atoms with Crippen molar-refractivity contribution in [1.29, 1.82) is 0 Å². The van der Waals surface area contributed by atoms with E-state index in [1.165, 1.54) is 34.4 Å². The Morgan fingerprint density at radius 2 is 0.794 bits per heavy atom. The lowest BCUT2D eigenvalue weighted by Crippen LogP contribution is -2.54. The van der Waals surface area contributed by atoms with Gasteiger partial charge in [0.1, 0.15) is 0 Å². The van der Waals surface area contributed by atoms with E-state index in [2.05, 4.69) is 34.9 Å². The van der Waals surface area contributed by atoms with Gasteiger partial charge in [-0.15, -0.1) is 0 Å². The normalized spacial score (nSPS) is 22.0. The molecule has 0 unspecified atom stereocenters. The fourth-order valence-corrected chi connectivity index (χ4v) is 5.68. The van der Waals surface area contributed by atoms with Crippen molar-refractivity contribution < 1.29 is 20.4 Å². The zero-order valence-electron chi connectivity index (χ0n) is 18.2. The van der Waals surface area contributed by atoms with E-state index >= 15 is 0 Å². The van der Waals surface area contributed by atoms with E-state index in [1.54, 1.807) is 24.3 Å². The van der Waals surface area contributed by atoms with Crippen molar-refractivity contribution >= 4 is 11.4 Å². The first-order chi connectivity index (χ1) is 16.5. The molecule has 2 atom stereocenters. The summed E-state index contributed by atoms with van der Waals surface area (Å²) in [5, 5.41) is 48.2. The molecule has 0 aliphatic heterocycles. The van der Waals surface area contributed by atoms with Gasteiger partial charge < -0.3 is 31.1 Å². The fraction of sp³-hybridized carbons (Fsp3) is 0.143. The molecule has 4 aromatic carbocycles. The second kappa shape index (κ2) is 7.63. The SMILES string of the molecule is Oc1cccc(N[C@H]2C3c4ccccc4C(c4ccccc43)[C@@H]2Nc2cccc(O)c2O)c1O. The number of para-hydroxylation sites is 2. The number of phenolic OH excluding ortho intramolecular Hbond substituents is 4. The third kappa shape index (κ3) is 2.95. The minimum Gasteiger partial charge on any atom is -0.504 e. The van der Waals surface area contributed by atoms with Gasteiger partial charge in [0.15, 0.2) is 23.0 Å². The Morgan fingerprint density at radius 3 is 1.15 bits per heavy atom. The molecule has 0 fully saturated rings. The van der Waals surface area contributed by atoms with Crippen molar-refractivity contribution in [3.63, 3.8) is 0 Å². The fourth-order valence-electron chi connectivity index (χ4n) is 5.68. The average Bonchev–Trinajstić information content (AvgIpc) is 2.85. The number of nitrogens with one attached hydrogen (secondary N) is 2. The Kier molecular flexibility index (Phi) is 4.55. The highest BCUT2D eigenvalue weighted by atomic mass is 16.3. The first-order valence-corrected chi connectivity index (χ1v) is 11.3. The molecular weight excluding hydrogens is 428 g/mol. The molecule has 0 heterocycles. The topological polar surface area (TPSA) is 105 Å². The van der Waals surface area contributed by atoms with E-state index in [1.807, 2.05) is 24.3 Å². The summed E-state index contributed by atoms with van der Waals surface area (Å²) in [5.74, 6) is -0.884. The predicted octanol–water partition coefficient (Wildman–Crippen LogP) is 5.06. The zero-order valence-corrected chi connectivity index (χ0v) is 18.2. The average molecular weight is 453 g/mol. The number of benzene rings is 4. The Morgan fingerprint density at radius 1 is 0.441 bits per heavy atom. The third-order valence-electron chi connectivity index (χ3n) is 7.11. The van der Waals surface area contributed by atoms with Gasteiger partial charge in [-0.3, -0.25) is 0 Å². The summed E-state index contributed by atoms with van der Waals surface area (Å²) in [6.07, 6.45) is 0. The van der Waals surface area contributed by atoms with Crippen LogP contribution in [0.4, 0.5) is 11.4 Å². The monoisotopic (exact) mass is 452 g/mol. The van der Waals surface area contributed by atoms with Crippen molar-refractivity contribution in [1.82, 2.24) is 0 Å². The van der Waals surface area contributed by atoms with Crippen LogP contribution in [-0.2, 0) is 0 Å². The number of fused-ring (bicyclic) bond motifs is 1. The van der Waals surface area contributed by atoms with Crippen LogP contribution in [0.25, 0.3) is 0 Å². The largest absolute Gasteiger partial charge is 0.504 e. The Hall–Kier alpha value is -4.32. The molecule has 3 aliphatic rings. The molecule has 0 aromatic heterocycles. The lowest BCUT2D eigenvalue weighted by molar-refractivity contribution is 0.395. The summed E-state index contributed by atoms with van der Waals surface area (Å²) in [7, 11) is 0. The summed E-state index contributed by atoms with van der Waals surface area (Å²) in [6.45, 7) is 0. The summed E-state index contributed by atoms with van der Waals surface area (Å²) in [4.78, 5) is 0. The minimum atomic E-state index is -0.232. The van der Waals surface area contributed by atoms with Crippen LogP contribution < -0.4 is 10.6 Å². The molecule has 0 saturated carbocycles. The molecule has 170 valence electrons. The quantitative estimate of drug-likeness (QED) is 0.242. The molecule has 6 heteroatoms. The number of phenols is 4. The van der Waals surface area contributed by atoms with E-state index in [-0.39, 0.29) is 46.9 Å². The molecule has 0 amide bonds. The number of rotatable bonds is 4. The molecule has 2 bridgehead atoms. The summed E-state index contributed by atoms with van der Waals surface area (Å²) >= 11 is 0. The van der Waals surface area contributed by atoms with Crippen LogP contribution in [0.2, 0.25) is 0 Å². The highest BCUT2D eigenvalue weighted by Crippen LogP contribution is 2.55. The Labute approximate surface area is 196 Å². The second-order valence-corrected chi connectivity index (χ2v) is 8.90. The standard InChI is InChI=1S/C28H24N2O4/c31-21-13-5-11-19(27(21)33)29-25-23-15-7-1-2-8-16(15)24(18-10-4-3-9-17(18)23)26(25)30-20-12-6-14-22(32)28(20)34/h1-14,23-26,29-34H/t23?,24?,25-,26-/m0/s1. The Bertz CT molecular complexity index is 1250. The molecule has 6 nitrogen and oxygen atoms in total. The summed E-state index contributed by atoms with van der Waals surface area (Å²) in [6, 6.07) is 26.0. The highest BCUT2D eigenvalue weighted by Gasteiger charge is 2.50. The van der Waals surface area contributed by atoms with Crippen molar-refractivity contribution in [2.24, 2.45) is 0 Å². The van der Waals surface area contributed by atoms with Crippen LogP contribution in [0.15, 0.2) is 84.9 Å². The lowest BCUT2D eigenvalue weighted by Gasteiger charge is -2.51. The van der Waals surface area contributed by atoms with Crippen LogP contribution in [-0.4, -0.2) is 32.5 Å². The van der Waals surface area contributed by atoms with E-state index in [4.69, 9.17) is 0 Å². The van der Waals surface area contributed by atoms with Gasteiger partial charge in [-0.25, -0.2) is 0 Å². The van der Waals surface area contributed by atoms with Gasteiger partial charge in [-0.2, -0.15) is 0 Å². The van der Waals surface area contributed by atoms with Gasteiger partial charge in [-0.1, -0.05) is 60.7 Å². The van der Waals surface area contributed by atoms with Crippen LogP contribution in [0.5, 0.6) is 23.0 Å². The highest BCUT2D eigenvalue weighted by molar-refractivity contribution is 5.69. The van der Waals surface area contributed by atoms with Gasteiger partial charge in [0, 0.05) is 11.8 Å². The van der Waals surface area contributed by atoms with Gasteiger partial charge >= 0.3 is 0 Å². The maximum Gasteiger partial charge on any atom is 0.181 e. The van der Waals surface area contributed by atoms with E-state index < -0.39 is 0 Å². The van der Waals surface area contributed by atoms with Crippen LogP contribution in [0.3, 0.4) is 0 Å². The molecule has 3 aliphatic carbocycles. The molecule has 34 heavy (non-hydrogen) atoms. The van der Waals surface area contributed by atoms with Crippen molar-refractivity contribution in [3.05, 3.63) is 107 Å². The molecule has 0 saturated heterocycles. The van der Waals surface area contributed by atoms with E-state index in [9.17, 15) is 20.4 Å². The lowest BCUT2D eigenvalue weighted by atomic mass is 9.59. The molecule has 0 spiro atoms. The summed E-state index contributed by atoms with van der Waals surface area (Å²) < 4.78 is 0. The number of hydrogen-bond donors (Lipinski definition) is 6. The predicted molar refractivity (Wildman–Crippen MR) is 131 cm³/mol. The third-order valence-corrected chi connectivity index (χ3v) is 7.11. The number of hydrogen-bond acceptors (Lipinski definition) is 6. The van der Waals surface area contributed by atoms with Crippen molar-refractivity contribution in [2.75, 3.05) is 10.6 Å². The molecule has 7 rings (SSSR count). The first kappa shape index (κ1) is 20.3. The molecular formula is C28H24N2O4. The molecule has 4 aromatic rings. The summed E-state index contributed by atoms with van der Waals surface area (Å²) in [5.41, 5.74) is 5.70. The van der Waals surface area contributed by atoms with Crippen LogP contribution in [0.1, 0.15) is 34.1 Å². The van der Waals surface area contributed by atoms with Crippen LogP contribution in [0, 0.1) is 0 Å².